The molecule has 4 heteroatoms. The summed E-state index contributed by atoms with van der Waals surface area (Å²) >= 11 is 0. The molecule has 0 saturated carbocycles. The first-order valence-electron chi connectivity index (χ1n) is 8.38. The van der Waals surface area contributed by atoms with Crippen LogP contribution in [0.1, 0.15) is 27.1 Å². The van der Waals surface area contributed by atoms with Crippen LogP contribution in [0.5, 0.6) is 0 Å². The summed E-state index contributed by atoms with van der Waals surface area (Å²) in [6.07, 6.45) is 6.57. The average Bonchev–Trinajstić information content (AvgIpc) is 3.20. The normalized spacial score (nSPS) is 11.2. The van der Waals surface area contributed by atoms with Crippen molar-refractivity contribution in [2.24, 2.45) is 0 Å². The minimum absolute atomic E-state index is 0.727. The van der Waals surface area contributed by atoms with Crippen molar-refractivity contribution in [3.63, 3.8) is 0 Å². The maximum atomic E-state index is 11.3. The Hall–Kier alpha value is -3.14. The standard InChI is InChI=1S/C21H18N2O2/c24-14-16-12-22(20-8-3-1-6-18(16)20)10-5-11-23-13-17(15-25)19-7-2-4-9-21(19)23/h1-4,6-9,12-15H,5,10-11H2. The Labute approximate surface area is 145 Å². The van der Waals surface area contributed by atoms with Gasteiger partial charge in [0.1, 0.15) is 0 Å². The van der Waals surface area contributed by atoms with Gasteiger partial charge in [0.05, 0.1) is 0 Å². The van der Waals surface area contributed by atoms with Gasteiger partial charge in [-0.2, -0.15) is 0 Å². The molecule has 0 aliphatic rings. The largest absolute Gasteiger partial charge is 0.347 e. The molecule has 124 valence electrons. The van der Waals surface area contributed by atoms with Crippen molar-refractivity contribution in [1.29, 1.82) is 0 Å². The lowest BCUT2D eigenvalue weighted by Crippen LogP contribution is -2.02. The average molecular weight is 330 g/mol. The number of hydrogen-bond donors (Lipinski definition) is 0. The Kier molecular flexibility index (Phi) is 3.94. The molecule has 2 heterocycles. The molecule has 0 radical (unpaired) electrons. The molecule has 2 aromatic carbocycles. The van der Waals surface area contributed by atoms with Gasteiger partial charge in [-0.3, -0.25) is 9.59 Å². The lowest BCUT2D eigenvalue weighted by Gasteiger charge is -2.08. The number of aldehydes is 2. The molecule has 0 spiro atoms. The first-order chi connectivity index (χ1) is 12.3. The second kappa shape index (κ2) is 6.40. The molecule has 25 heavy (non-hydrogen) atoms. The molecule has 0 fully saturated rings. The van der Waals surface area contributed by atoms with Crippen LogP contribution in [0.15, 0.2) is 60.9 Å². The zero-order chi connectivity index (χ0) is 17.2. The second-order valence-electron chi connectivity index (χ2n) is 6.18. The highest BCUT2D eigenvalue weighted by Gasteiger charge is 2.09. The van der Waals surface area contributed by atoms with Crippen LogP contribution >= 0.6 is 0 Å². The van der Waals surface area contributed by atoms with Crippen molar-refractivity contribution in [2.75, 3.05) is 0 Å². The van der Waals surface area contributed by atoms with E-state index >= 15 is 0 Å². The highest BCUT2D eigenvalue weighted by atomic mass is 16.1. The highest BCUT2D eigenvalue weighted by Crippen LogP contribution is 2.22. The molecule has 0 aliphatic carbocycles. The van der Waals surface area contributed by atoms with Gasteiger partial charge in [-0.15, -0.1) is 0 Å². The maximum absolute atomic E-state index is 11.3. The number of aryl methyl sites for hydroxylation is 2. The van der Waals surface area contributed by atoms with Crippen molar-refractivity contribution in [1.82, 2.24) is 9.13 Å². The van der Waals surface area contributed by atoms with Gasteiger partial charge in [-0.05, 0) is 18.6 Å². The Morgan fingerprint density at radius 3 is 1.56 bits per heavy atom. The molecule has 0 bridgehead atoms. The Balaban J connectivity index is 1.58. The van der Waals surface area contributed by atoms with Crippen LogP contribution in [-0.4, -0.2) is 21.7 Å². The molecule has 0 aliphatic heterocycles. The van der Waals surface area contributed by atoms with E-state index in [4.69, 9.17) is 0 Å². The van der Waals surface area contributed by atoms with E-state index in [-0.39, 0.29) is 0 Å². The van der Waals surface area contributed by atoms with Gasteiger partial charge in [0, 0.05) is 58.4 Å². The predicted octanol–water partition coefficient (Wildman–Crippen LogP) is 4.31. The number of para-hydroxylation sites is 2. The van der Waals surface area contributed by atoms with Crippen LogP contribution < -0.4 is 0 Å². The third-order valence-corrected chi connectivity index (χ3v) is 4.69. The number of carbonyl (C=O) groups is 2. The smallest absolute Gasteiger partial charge is 0.152 e. The molecule has 4 aromatic rings. The SMILES string of the molecule is O=Cc1cn(CCCn2cc(C=O)c3ccccc32)c2ccccc12. The van der Waals surface area contributed by atoms with Crippen LogP contribution in [0.4, 0.5) is 0 Å². The van der Waals surface area contributed by atoms with Crippen molar-refractivity contribution in [3.8, 4) is 0 Å². The molecule has 0 saturated heterocycles. The summed E-state index contributed by atoms with van der Waals surface area (Å²) in [4.78, 5) is 22.5. The molecule has 0 unspecified atom stereocenters. The van der Waals surface area contributed by atoms with E-state index in [1.807, 2.05) is 60.9 Å². The monoisotopic (exact) mass is 330 g/mol. The summed E-state index contributed by atoms with van der Waals surface area (Å²) in [6.45, 7) is 1.63. The van der Waals surface area contributed by atoms with Crippen LogP contribution in [0, 0.1) is 0 Å². The highest BCUT2D eigenvalue weighted by molar-refractivity contribution is 5.98. The van der Waals surface area contributed by atoms with Gasteiger partial charge in [0.15, 0.2) is 12.6 Å². The van der Waals surface area contributed by atoms with E-state index in [2.05, 4.69) is 9.13 Å². The number of carbonyl (C=O) groups excluding carboxylic acids is 2. The van der Waals surface area contributed by atoms with Gasteiger partial charge in [0.25, 0.3) is 0 Å². The van der Waals surface area contributed by atoms with Gasteiger partial charge < -0.3 is 9.13 Å². The Morgan fingerprint density at radius 2 is 1.12 bits per heavy atom. The first-order valence-corrected chi connectivity index (χ1v) is 8.38. The summed E-state index contributed by atoms with van der Waals surface area (Å²) in [5.74, 6) is 0. The van der Waals surface area contributed by atoms with E-state index in [0.29, 0.717) is 0 Å². The fraction of sp³-hybridized carbons (Fsp3) is 0.143. The minimum Gasteiger partial charge on any atom is -0.347 e. The molecule has 0 N–H and O–H groups in total. The van der Waals surface area contributed by atoms with Gasteiger partial charge in [-0.1, -0.05) is 36.4 Å². The molecule has 0 atom stereocenters. The first kappa shape index (κ1) is 15.4. The quantitative estimate of drug-likeness (QED) is 0.494. The van der Waals surface area contributed by atoms with Gasteiger partial charge >= 0.3 is 0 Å². The molecule has 4 nitrogen and oxygen atoms in total. The zero-order valence-electron chi connectivity index (χ0n) is 13.8. The van der Waals surface area contributed by atoms with E-state index in [9.17, 15) is 9.59 Å². The number of nitrogens with zero attached hydrogens (tertiary/aromatic N) is 2. The maximum Gasteiger partial charge on any atom is 0.152 e. The van der Waals surface area contributed by atoms with Crippen molar-refractivity contribution >= 4 is 34.4 Å². The van der Waals surface area contributed by atoms with Crippen LogP contribution in [0.2, 0.25) is 0 Å². The van der Waals surface area contributed by atoms with Crippen molar-refractivity contribution in [2.45, 2.75) is 19.5 Å². The Morgan fingerprint density at radius 1 is 0.680 bits per heavy atom. The third-order valence-electron chi connectivity index (χ3n) is 4.69. The molecular weight excluding hydrogens is 312 g/mol. The number of aromatic nitrogens is 2. The van der Waals surface area contributed by atoms with Crippen LogP contribution in [-0.2, 0) is 13.1 Å². The molecule has 2 aromatic heterocycles. The topological polar surface area (TPSA) is 44.0 Å². The summed E-state index contributed by atoms with van der Waals surface area (Å²) < 4.78 is 4.26. The number of fused-ring (bicyclic) bond motifs is 2. The fourth-order valence-electron chi connectivity index (χ4n) is 3.52. The molecule has 0 amide bonds. The molecular formula is C21H18N2O2. The number of hydrogen-bond acceptors (Lipinski definition) is 2. The van der Waals surface area contributed by atoms with Crippen molar-refractivity contribution < 1.29 is 9.59 Å². The predicted molar refractivity (Wildman–Crippen MR) is 99.3 cm³/mol. The van der Waals surface area contributed by atoms with E-state index in [1.165, 1.54) is 0 Å². The van der Waals surface area contributed by atoms with Crippen LogP contribution in [0.25, 0.3) is 21.8 Å². The Bertz CT molecular complexity index is 986. The van der Waals surface area contributed by atoms with Gasteiger partial charge in [-0.25, -0.2) is 0 Å². The number of rotatable bonds is 6. The van der Waals surface area contributed by atoms with Crippen LogP contribution in [0.3, 0.4) is 0 Å². The second-order valence-corrected chi connectivity index (χ2v) is 6.18. The number of benzene rings is 2. The lowest BCUT2D eigenvalue weighted by atomic mass is 10.2. The van der Waals surface area contributed by atoms with E-state index in [0.717, 1.165) is 65.0 Å². The van der Waals surface area contributed by atoms with E-state index < -0.39 is 0 Å². The summed E-state index contributed by atoms with van der Waals surface area (Å²) in [6, 6.07) is 15.9. The van der Waals surface area contributed by atoms with Gasteiger partial charge in [0.2, 0.25) is 0 Å². The third kappa shape index (κ3) is 2.66. The van der Waals surface area contributed by atoms with E-state index in [1.54, 1.807) is 0 Å². The lowest BCUT2D eigenvalue weighted by molar-refractivity contribution is 0.111. The fourth-order valence-corrected chi connectivity index (χ4v) is 3.52. The summed E-state index contributed by atoms with van der Waals surface area (Å²) in [5, 5.41) is 1.99. The molecule has 4 rings (SSSR count). The van der Waals surface area contributed by atoms with Crippen molar-refractivity contribution in [3.05, 3.63) is 72.1 Å². The minimum atomic E-state index is 0.727. The summed E-state index contributed by atoms with van der Waals surface area (Å²) in [7, 11) is 0. The zero-order valence-corrected chi connectivity index (χ0v) is 13.8. The summed E-state index contributed by atoms with van der Waals surface area (Å²) in [5.41, 5.74) is 3.61.